The molecule has 0 unspecified atom stereocenters. The van der Waals surface area contributed by atoms with Crippen LogP contribution in [0.1, 0.15) is 20.3 Å². The van der Waals surface area contributed by atoms with E-state index < -0.39 is 16.0 Å². The first-order chi connectivity index (χ1) is 8.81. The molecule has 0 spiro atoms. The Labute approximate surface area is 112 Å². The second kappa shape index (κ2) is 6.48. The van der Waals surface area contributed by atoms with Crippen LogP contribution in [0.4, 0.5) is 0 Å². The number of hydrogen-bond donors (Lipinski definition) is 2. The molecule has 0 aliphatic carbocycles. The van der Waals surface area contributed by atoms with E-state index in [1.165, 1.54) is 17.1 Å². The van der Waals surface area contributed by atoms with Gasteiger partial charge in [-0.2, -0.15) is 5.10 Å². The monoisotopic (exact) mass is 287 g/mol. The van der Waals surface area contributed by atoms with Gasteiger partial charge in [-0.15, -0.1) is 0 Å². The standard InChI is InChI=1S/C11H17N3O4S/c1-9(2)3-5-13-19(17,18)10-7-12-14(8-10)6-4-11(15)16/h3,7-8,13H,4-6H2,1-2H3,(H,15,16). The summed E-state index contributed by atoms with van der Waals surface area (Å²) in [7, 11) is -3.60. The Bertz CT molecular complexity index is 571. The zero-order valence-corrected chi connectivity index (χ0v) is 11.6. The van der Waals surface area contributed by atoms with Crippen LogP contribution in [-0.4, -0.2) is 35.8 Å². The molecule has 2 N–H and O–H groups in total. The molecule has 1 rings (SSSR count). The highest BCUT2D eigenvalue weighted by molar-refractivity contribution is 7.89. The molecule has 106 valence electrons. The van der Waals surface area contributed by atoms with Gasteiger partial charge in [0.1, 0.15) is 4.90 Å². The van der Waals surface area contributed by atoms with Crippen molar-refractivity contribution in [3.8, 4) is 0 Å². The molecule has 0 atom stereocenters. The molecule has 1 heterocycles. The van der Waals surface area contributed by atoms with Crippen molar-refractivity contribution in [1.82, 2.24) is 14.5 Å². The first-order valence-electron chi connectivity index (χ1n) is 5.68. The second-order valence-electron chi connectivity index (χ2n) is 4.22. The highest BCUT2D eigenvalue weighted by Crippen LogP contribution is 2.07. The minimum Gasteiger partial charge on any atom is -0.481 e. The van der Waals surface area contributed by atoms with Crippen molar-refractivity contribution in [1.29, 1.82) is 0 Å². The van der Waals surface area contributed by atoms with Crippen molar-refractivity contribution in [2.75, 3.05) is 6.54 Å². The van der Waals surface area contributed by atoms with E-state index in [9.17, 15) is 13.2 Å². The van der Waals surface area contributed by atoms with Crippen LogP contribution in [0.2, 0.25) is 0 Å². The maximum atomic E-state index is 11.9. The van der Waals surface area contributed by atoms with Gasteiger partial charge in [0.15, 0.2) is 0 Å². The first-order valence-corrected chi connectivity index (χ1v) is 7.17. The molecule has 0 aliphatic rings. The summed E-state index contributed by atoms with van der Waals surface area (Å²) in [4.78, 5) is 10.4. The van der Waals surface area contributed by atoms with Gasteiger partial charge in [-0.25, -0.2) is 13.1 Å². The van der Waals surface area contributed by atoms with Gasteiger partial charge in [0.2, 0.25) is 10.0 Å². The third-order valence-electron chi connectivity index (χ3n) is 2.26. The number of carboxylic acid groups (broad SMARTS) is 1. The van der Waals surface area contributed by atoms with E-state index >= 15 is 0 Å². The lowest BCUT2D eigenvalue weighted by Crippen LogP contribution is -2.23. The number of allylic oxidation sites excluding steroid dienone is 1. The van der Waals surface area contributed by atoms with E-state index in [2.05, 4.69) is 9.82 Å². The van der Waals surface area contributed by atoms with Gasteiger partial charge in [0.25, 0.3) is 0 Å². The number of nitrogens with zero attached hydrogens (tertiary/aromatic N) is 2. The molecule has 0 saturated carbocycles. The molecule has 1 aromatic rings. The number of hydrogen-bond acceptors (Lipinski definition) is 4. The Balaban J connectivity index is 2.68. The predicted octanol–water partition coefficient (Wildman–Crippen LogP) is 0.602. The zero-order valence-electron chi connectivity index (χ0n) is 10.8. The predicted molar refractivity (Wildman–Crippen MR) is 69.1 cm³/mol. The van der Waals surface area contributed by atoms with E-state index in [-0.39, 0.29) is 24.4 Å². The van der Waals surface area contributed by atoms with Crippen LogP contribution in [0.15, 0.2) is 28.9 Å². The molecule has 0 fully saturated rings. The lowest BCUT2D eigenvalue weighted by Gasteiger charge is -2.01. The summed E-state index contributed by atoms with van der Waals surface area (Å²) < 4.78 is 27.4. The molecule has 0 bridgehead atoms. The normalized spacial score (nSPS) is 11.3. The van der Waals surface area contributed by atoms with Crippen molar-refractivity contribution in [3.63, 3.8) is 0 Å². The molecule has 0 aliphatic heterocycles. The Morgan fingerprint density at radius 3 is 2.79 bits per heavy atom. The minimum absolute atomic E-state index is 0.0278. The summed E-state index contributed by atoms with van der Waals surface area (Å²) in [6.07, 6.45) is 4.17. The van der Waals surface area contributed by atoms with Crippen molar-refractivity contribution in [2.24, 2.45) is 0 Å². The molecular formula is C11H17N3O4S. The minimum atomic E-state index is -3.60. The SMILES string of the molecule is CC(C)=CCNS(=O)(=O)c1cnn(CCC(=O)O)c1. The summed E-state index contributed by atoms with van der Waals surface area (Å²) in [6.45, 7) is 4.10. The molecule has 1 aromatic heterocycles. The number of nitrogens with one attached hydrogen (secondary N) is 1. The summed E-state index contributed by atoms with van der Waals surface area (Å²) in [5.41, 5.74) is 1.01. The Kier molecular flexibility index (Phi) is 5.25. The highest BCUT2D eigenvalue weighted by atomic mass is 32.2. The number of aromatic nitrogens is 2. The van der Waals surface area contributed by atoms with Gasteiger partial charge in [-0.1, -0.05) is 11.6 Å². The van der Waals surface area contributed by atoms with E-state index in [1.54, 1.807) is 6.08 Å². The van der Waals surface area contributed by atoms with Gasteiger partial charge < -0.3 is 5.11 Å². The summed E-state index contributed by atoms with van der Waals surface area (Å²) in [5, 5.41) is 12.3. The third kappa shape index (κ3) is 5.23. The van der Waals surface area contributed by atoms with Crippen molar-refractivity contribution >= 4 is 16.0 Å². The summed E-state index contributed by atoms with van der Waals surface area (Å²) in [5.74, 6) is -0.957. The maximum absolute atomic E-state index is 11.9. The van der Waals surface area contributed by atoms with Crippen molar-refractivity contribution < 1.29 is 18.3 Å². The molecule has 8 heteroatoms. The Morgan fingerprint density at radius 1 is 1.53 bits per heavy atom. The molecule has 0 aromatic carbocycles. The fourth-order valence-electron chi connectivity index (χ4n) is 1.25. The summed E-state index contributed by atoms with van der Waals surface area (Å²) >= 11 is 0. The lowest BCUT2D eigenvalue weighted by atomic mass is 10.3. The zero-order chi connectivity index (χ0) is 14.5. The van der Waals surface area contributed by atoms with Crippen LogP contribution in [-0.2, 0) is 21.4 Å². The van der Waals surface area contributed by atoms with Crippen LogP contribution in [0.5, 0.6) is 0 Å². The average molecular weight is 287 g/mol. The van der Waals surface area contributed by atoms with Gasteiger partial charge >= 0.3 is 5.97 Å². The molecule has 7 nitrogen and oxygen atoms in total. The number of carbonyl (C=O) groups is 1. The number of aryl methyl sites for hydroxylation is 1. The van der Waals surface area contributed by atoms with Crippen LogP contribution < -0.4 is 4.72 Å². The molecular weight excluding hydrogens is 270 g/mol. The summed E-state index contributed by atoms with van der Waals surface area (Å²) in [6, 6.07) is 0. The quantitative estimate of drug-likeness (QED) is 0.715. The molecule has 0 amide bonds. The lowest BCUT2D eigenvalue weighted by molar-refractivity contribution is -0.137. The van der Waals surface area contributed by atoms with Crippen LogP contribution in [0.3, 0.4) is 0 Å². The number of sulfonamides is 1. The van der Waals surface area contributed by atoms with Crippen LogP contribution >= 0.6 is 0 Å². The van der Waals surface area contributed by atoms with E-state index in [4.69, 9.17) is 5.11 Å². The smallest absolute Gasteiger partial charge is 0.305 e. The van der Waals surface area contributed by atoms with Crippen molar-refractivity contribution in [3.05, 3.63) is 24.0 Å². The van der Waals surface area contributed by atoms with Gasteiger partial charge in [0.05, 0.1) is 19.2 Å². The molecule has 19 heavy (non-hydrogen) atoms. The van der Waals surface area contributed by atoms with E-state index in [1.807, 2.05) is 13.8 Å². The fourth-order valence-corrected chi connectivity index (χ4v) is 2.17. The number of aliphatic carboxylic acids is 1. The third-order valence-corrected chi connectivity index (χ3v) is 3.64. The Morgan fingerprint density at radius 2 is 2.21 bits per heavy atom. The highest BCUT2D eigenvalue weighted by Gasteiger charge is 2.15. The molecule has 0 saturated heterocycles. The number of rotatable bonds is 7. The first kappa shape index (κ1) is 15.4. The van der Waals surface area contributed by atoms with Crippen molar-refractivity contribution in [2.45, 2.75) is 31.7 Å². The number of carboxylic acids is 1. The Hall–Kier alpha value is -1.67. The van der Waals surface area contributed by atoms with Gasteiger partial charge in [0, 0.05) is 12.7 Å². The second-order valence-corrected chi connectivity index (χ2v) is 5.98. The molecule has 0 radical (unpaired) electrons. The van der Waals surface area contributed by atoms with Crippen LogP contribution in [0.25, 0.3) is 0 Å². The van der Waals surface area contributed by atoms with Gasteiger partial charge in [-0.3, -0.25) is 9.48 Å². The van der Waals surface area contributed by atoms with Crippen LogP contribution in [0, 0.1) is 0 Å². The largest absolute Gasteiger partial charge is 0.481 e. The van der Waals surface area contributed by atoms with E-state index in [0.29, 0.717) is 0 Å². The van der Waals surface area contributed by atoms with E-state index in [0.717, 1.165) is 5.57 Å². The topological polar surface area (TPSA) is 101 Å². The van der Waals surface area contributed by atoms with Gasteiger partial charge in [-0.05, 0) is 13.8 Å². The maximum Gasteiger partial charge on any atom is 0.305 e. The fraction of sp³-hybridized carbons (Fsp3) is 0.455. The average Bonchev–Trinajstić information content (AvgIpc) is 2.74.